The average molecular weight is 394 g/mol. The minimum atomic E-state index is -0.184. The molecule has 0 aliphatic rings. The zero-order valence-electron chi connectivity index (χ0n) is 10.8. The normalized spacial score (nSPS) is 10.7. The van der Waals surface area contributed by atoms with Crippen molar-refractivity contribution >= 4 is 56.3 Å². The zero-order valence-corrected chi connectivity index (χ0v) is 14.7. The molecular weight excluding hydrogens is 383 g/mol. The lowest BCUT2D eigenvalue weighted by Gasteiger charge is -2.09. The second kappa shape index (κ2) is 6.48. The highest BCUT2D eigenvalue weighted by atomic mass is 79.9. The Hall–Kier alpha value is -0.550. The van der Waals surface area contributed by atoms with Gasteiger partial charge >= 0.3 is 0 Å². The number of halogens is 3. The molecule has 0 saturated heterocycles. The van der Waals surface area contributed by atoms with Crippen molar-refractivity contribution in [3.63, 3.8) is 0 Å². The molecule has 0 spiro atoms. The van der Waals surface area contributed by atoms with Gasteiger partial charge in [-0.05, 0) is 43.2 Å². The van der Waals surface area contributed by atoms with Crippen molar-refractivity contribution in [2.24, 2.45) is 0 Å². The molecule has 1 heterocycles. The number of ether oxygens (including phenoxy) is 1. The van der Waals surface area contributed by atoms with E-state index in [4.69, 9.17) is 27.9 Å². The van der Waals surface area contributed by atoms with Crippen molar-refractivity contribution in [3.05, 3.63) is 48.0 Å². The smallest absolute Gasteiger partial charge is 0.202 e. The fraction of sp³-hybridized carbons (Fsp3) is 0.214. The van der Waals surface area contributed by atoms with Gasteiger partial charge in [0.1, 0.15) is 10.1 Å². The highest BCUT2D eigenvalue weighted by Gasteiger charge is 2.15. The van der Waals surface area contributed by atoms with Crippen LogP contribution in [0.25, 0.3) is 0 Å². The van der Waals surface area contributed by atoms with Crippen LogP contribution >= 0.6 is 50.5 Å². The van der Waals surface area contributed by atoms with E-state index in [-0.39, 0.29) is 12.4 Å². The molecule has 0 unspecified atom stereocenters. The van der Waals surface area contributed by atoms with Crippen molar-refractivity contribution in [1.82, 2.24) is 0 Å². The van der Waals surface area contributed by atoms with Crippen LogP contribution in [-0.2, 0) is 0 Å². The maximum Gasteiger partial charge on any atom is 0.202 e. The van der Waals surface area contributed by atoms with Crippen LogP contribution in [0.15, 0.2) is 22.7 Å². The first kappa shape index (κ1) is 15.8. The van der Waals surface area contributed by atoms with Crippen LogP contribution in [0.1, 0.15) is 21.5 Å². The molecule has 0 aliphatic heterocycles. The monoisotopic (exact) mass is 392 g/mol. The summed E-state index contributed by atoms with van der Waals surface area (Å²) in [5, 5.41) is 0. The lowest BCUT2D eigenvalue weighted by Crippen LogP contribution is -2.11. The summed E-state index contributed by atoms with van der Waals surface area (Å²) in [7, 11) is 0. The third kappa shape index (κ3) is 3.55. The first-order valence-corrected chi connectivity index (χ1v) is 8.12. The molecule has 0 atom stereocenters. The van der Waals surface area contributed by atoms with Crippen LogP contribution in [0.3, 0.4) is 0 Å². The molecule has 1 aromatic heterocycles. The molecule has 2 aromatic rings. The summed E-state index contributed by atoms with van der Waals surface area (Å²) in [5.74, 6) is 0.477. The number of carbonyl (C=O) groups is 1. The topological polar surface area (TPSA) is 26.3 Å². The summed E-state index contributed by atoms with van der Waals surface area (Å²) in [6.45, 7) is 3.88. The Bertz CT molecular complexity index is 644. The first-order chi connectivity index (χ1) is 9.38. The number of hydrogen-bond donors (Lipinski definition) is 0. The lowest BCUT2D eigenvalue weighted by atomic mass is 10.1. The van der Waals surface area contributed by atoms with E-state index in [2.05, 4.69) is 15.9 Å². The van der Waals surface area contributed by atoms with Crippen LogP contribution in [0.2, 0.25) is 8.67 Å². The lowest BCUT2D eigenvalue weighted by molar-refractivity contribution is 0.0922. The first-order valence-electron chi connectivity index (χ1n) is 5.76. The Morgan fingerprint density at radius 1 is 1.25 bits per heavy atom. The van der Waals surface area contributed by atoms with Gasteiger partial charge in [0.25, 0.3) is 0 Å². The highest BCUT2D eigenvalue weighted by molar-refractivity contribution is 9.10. The van der Waals surface area contributed by atoms with Gasteiger partial charge in [-0.3, -0.25) is 4.79 Å². The van der Waals surface area contributed by atoms with E-state index in [1.165, 1.54) is 11.3 Å². The van der Waals surface area contributed by atoms with Crippen molar-refractivity contribution < 1.29 is 9.53 Å². The summed E-state index contributed by atoms with van der Waals surface area (Å²) >= 11 is 16.4. The number of benzene rings is 1. The number of carbonyl (C=O) groups excluding carboxylic acids is 1. The van der Waals surface area contributed by atoms with Crippen LogP contribution in [0, 0.1) is 13.8 Å². The van der Waals surface area contributed by atoms with Gasteiger partial charge in [-0.25, -0.2) is 0 Å². The minimum Gasteiger partial charge on any atom is -0.485 e. The molecule has 2 nitrogen and oxygen atoms in total. The van der Waals surface area contributed by atoms with E-state index < -0.39 is 0 Å². The quantitative estimate of drug-likeness (QED) is 0.623. The van der Waals surface area contributed by atoms with E-state index >= 15 is 0 Å². The van der Waals surface area contributed by atoms with Gasteiger partial charge in [-0.1, -0.05) is 39.1 Å². The molecule has 0 saturated carbocycles. The Balaban J connectivity index is 2.09. The number of aryl methyl sites for hydroxylation is 2. The second-order valence-electron chi connectivity index (χ2n) is 4.32. The predicted molar refractivity (Wildman–Crippen MR) is 87.8 cm³/mol. The maximum atomic E-state index is 12.0. The zero-order chi connectivity index (χ0) is 14.9. The molecular formula is C14H11BrCl2O2S. The fourth-order valence-electron chi connectivity index (χ4n) is 1.75. The predicted octanol–water partition coefficient (Wildman–Crippen LogP) is 5.70. The molecule has 2 rings (SSSR count). The Morgan fingerprint density at radius 3 is 2.35 bits per heavy atom. The number of ketones is 1. The number of rotatable bonds is 4. The Morgan fingerprint density at radius 2 is 1.85 bits per heavy atom. The SMILES string of the molecule is Cc1cc(OCC(=O)c2cc(Cl)sc2Cl)cc(C)c1Br. The van der Waals surface area contributed by atoms with Gasteiger partial charge in [0.05, 0.1) is 9.90 Å². The van der Waals surface area contributed by atoms with Crippen LogP contribution in [0.5, 0.6) is 5.75 Å². The van der Waals surface area contributed by atoms with Crippen molar-refractivity contribution in [2.45, 2.75) is 13.8 Å². The molecule has 0 N–H and O–H groups in total. The minimum absolute atomic E-state index is 0.0622. The van der Waals surface area contributed by atoms with Crippen LogP contribution in [0.4, 0.5) is 0 Å². The summed E-state index contributed by atoms with van der Waals surface area (Å²) in [6.07, 6.45) is 0. The largest absolute Gasteiger partial charge is 0.485 e. The van der Waals surface area contributed by atoms with E-state index in [0.717, 1.165) is 15.6 Å². The summed E-state index contributed by atoms with van der Waals surface area (Å²) < 4.78 is 7.47. The van der Waals surface area contributed by atoms with Gasteiger partial charge in [0, 0.05) is 4.47 Å². The van der Waals surface area contributed by atoms with Crippen LogP contribution in [-0.4, -0.2) is 12.4 Å². The molecule has 0 radical (unpaired) electrons. The molecule has 0 amide bonds. The standard InChI is InChI=1S/C14H11BrCl2O2S/c1-7-3-9(4-8(2)13(7)15)19-6-11(18)10-5-12(16)20-14(10)17/h3-5H,6H2,1-2H3. The van der Waals surface area contributed by atoms with E-state index in [1.54, 1.807) is 6.07 Å². The maximum absolute atomic E-state index is 12.0. The molecule has 106 valence electrons. The second-order valence-corrected chi connectivity index (χ2v) is 7.40. The summed E-state index contributed by atoms with van der Waals surface area (Å²) in [4.78, 5) is 12.0. The van der Waals surface area contributed by atoms with Gasteiger partial charge in [-0.15, -0.1) is 11.3 Å². The average Bonchev–Trinajstić information content (AvgIpc) is 2.72. The summed E-state index contributed by atoms with van der Waals surface area (Å²) in [5.41, 5.74) is 2.53. The van der Waals surface area contributed by atoms with Gasteiger partial charge in [0.15, 0.2) is 6.61 Å². The number of thiophene rings is 1. The van der Waals surface area contributed by atoms with Crippen molar-refractivity contribution in [3.8, 4) is 5.75 Å². The number of hydrogen-bond acceptors (Lipinski definition) is 3. The van der Waals surface area contributed by atoms with Crippen molar-refractivity contribution in [2.75, 3.05) is 6.61 Å². The third-order valence-electron chi connectivity index (χ3n) is 2.74. The molecule has 6 heteroatoms. The van der Waals surface area contributed by atoms with Gasteiger partial charge in [-0.2, -0.15) is 0 Å². The molecule has 0 fully saturated rings. The highest BCUT2D eigenvalue weighted by Crippen LogP contribution is 2.32. The van der Waals surface area contributed by atoms with E-state index in [9.17, 15) is 4.79 Å². The van der Waals surface area contributed by atoms with E-state index in [1.807, 2.05) is 26.0 Å². The third-order valence-corrected chi connectivity index (χ3v) is 5.48. The fourth-order valence-corrected chi connectivity index (χ4v) is 3.47. The molecule has 0 bridgehead atoms. The summed E-state index contributed by atoms with van der Waals surface area (Å²) in [6, 6.07) is 5.33. The van der Waals surface area contributed by atoms with Crippen LogP contribution < -0.4 is 4.74 Å². The molecule has 1 aromatic carbocycles. The Labute approximate surface area is 139 Å². The molecule has 0 aliphatic carbocycles. The number of Topliss-reactive ketones (excluding diaryl/α,β-unsaturated/α-hetero) is 1. The van der Waals surface area contributed by atoms with Gasteiger partial charge < -0.3 is 4.74 Å². The van der Waals surface area contributed by atoms with Crippen molar-refractivity contribution in [1.29, 1.82) is 0 Å². The van der Waals surface area contributed by atoms with Gasteiger partial charge in [0.2, 0.25) is 5.78 Å². The molecule has 20 heavy (non-hydrogen) atoms. The van der Waals surface area contributed by atoms with E-state index in [0.29, 0.717) is 20.0 Å². The Kier molecular flexibility index (Phi) is 5.13.